The lowest BCUT2D eigenvalue weighted by molar-refractivity contribution is -0.598. The number of halogens is 1. The maximum absolute atomic E-state index is 10.9. The second kappa shape index (κ2) is 5.52. The van der Waals surface area contributed by atoms with Gasteiger partial charge in [-0.2, -0.15) is 0 Å². The minimum Gasteiger partial charge on any atom is -0.478 e. The van der Waals surface area contributed by atoms with Gasteiger partial charge in [0.15, 0.2) is 7.14 Å². The number of hydrogen-bond acceptors (Lipinski definition) is 1. The molecule has 0 heterocycles. The normalized spacial score (nSPS) is 10.3. The molecule has 3 heteroatoms. The summed E-state index contributed by atoms with van der Waals surface area (Å²) in [6.07, 6.45) is 0. The molecule has 2 aromatic rings. The highest BCUT2D eigenvalue weighted by molar-refractivity contribution is 5.87. The largest absolute Gasteiger partial charge is 0.478 e. The van der Waals surface area contributed by atoms with Gasteiger partial charge in [0.1, 0.15) is 0 Å². The van der Waals surface area contributed by atoms with Crippen LogP contribution < -0.4 is 21.2 Å². The molecule has 2 nitrogen and oxygen atoms in total. The fraction of sp³-hybridized carbons (Fsp3) is 0.133. The summed E-state index contributed by atoms with van der Waals surface area (Å²) in [4.78, 5) is 10.9. The minimum absolute atomic E-state index is 0.311. The first kappa shape index (κ1) is 13.1. The van der Waals surface area contributed by atoms with Crippen LogP contribution >= 0.6 is 0 Å². The molecule has 18 heavy (non-hydrogen) atoms. The molecule has 0 atom stereocenters. The van der Waals surface area contributed by atoms with Crippen LogP contribution in [0.4, 0.5) is 0 Å². The molecule has 2 rings (SSSR count). The molecule has 0 spiro atoms. The summed E-state index contributed by atoms with van der Waals surface area (Å²) in [6, 6.07) is 13.7. The van der Waals surface area contributed by atoms with Crippen LogP contribution in [0.5, 0.6) is 0 Å². The predicted molar refractivity (Wildman–Crippen MR) is 66.7 cm³/mol. The van der Waals surface area contributed by atoms with Gasteiger partial charge in [-0.1, -0.05) is 23.8 Å². The predicted octanol–water partition coefficient (Wildman–Crippen LogP) is 0.130. The van der Waals surface area contributed by atoms with E-state index in [1.54, 1.807) is 12.1 Å². The first-order valence-corrected chi connectivity index (χ1v) is 7.77. The van der Waals surface area contributed by atoms with Gasteiger partial charge in [0.2, 0.25) is 0 Å². The number of aryl methyl sites for hydroxylation is 2. The summed E-state index contributed by atoms with van der Waals surface area (Å²) in [5.41, 5.74) is 2.93. The van der Waals surface area contributed by atoms with E-state index >= 15 is 0 Å². The molecule has 1 N–H and O–H groups in total. The van der Waals surface area contributed by atoms with Gasteiger partial charge in [0.05, 0.1) is 5.56 Å². The lowest BCUT2D eigenvalue weighted by atomic mass is 10.2. The SMILES string of the molecule is Cc1ccc([I+]c2cccc(C(=O)O)c2)c(C)c1. The van der Waals surface area contributed by atoms with Crippen molar-refractivity contribution < 1.29 is 31.1 Å². The Bertz CT molecular complexity index is 591. The van der Waals surface area contributed by atoms with Crippen molar-refractivity contribution in [2.24, 2.45) is 0 Å². The maximum atomic E-state index is 10.9. The molecule has 0 saturated heterocycles. The van der Waals surface area contributed by atoms with Crippen LogP contribution in [0, 0.1) is 21.0 Å². The Morgan fingerprint density at radius 3 is 2.56 bits per heavy atom. The summed E-state index contributed by atoms with van der Waals surface area (Å²) >= 11 is -0.311. The topological polar surface area (TPSA) is 37.3 Å². The summed E-state index contributed by atoms with van der Waals surface area (Å²) in [7, 11) is 0. The van der Waals surface area contributed by atoms with E-state index in [0.29, 0.717) is 5.56 Å². The molecule has 0 fully saturated rings. The molecule has 0 aliphatic carbocycles. The summed E-state index contributed by atoms with van der Waals surface area (Å²) in [6.45, 7) is 4.20. The van der Waals surface area contributed by atoms with Crippen molar-refractivity contribution in [1.82, 2.24) is 0 Å². The Labute approximate surface area is 117 Å². The Hall–Kier alpha value is -1.36. The molecular formula is C15H14IO2+. The van der Waals surface area contributed by atoms with E-state index in [0.717, 1.165) is 3.57 Å². The Kier molecular flexibility index (Phi) is 4.01. The lowest BCUT2D eigenvalue weighted by Crippen LogP contribution is -3.61. The zero-order valence-electron chi connectivity index (χ0n) is 10.3. The second-order valence-corrected chi connectivity index (χ2v) is 7.11. The number of carbonyl (C=O) groups is 1. The van der Waals surface area contributed by atoms with E-state index in [4.69, 9.17) is 5.11 Å². The number of benzene rings is 2. The summed E-state index contributed by atoms with van der Waals surface area (Å²) < 4.78 is 2.49. The van der Waals surface area contributed by atoms with Gasteiger partial charge in [-0.05, 0) is 32.0 Å². The first-order chi connectivity index (χ1) is 8.56. The highest BCUT2D eigenvalue weighted by Crippen LogP contribution is 2.02. The van der Waals surface area contributed by atoms with Crippen LogP contribution in [0.1, 0.15) is 21.5 Å². The number of aromatic carboxylic acids is 1. The third-order valence-corrected chi connectivity index (χ3v) is 5.68. The van der Waals surface area contributed by atoms with E-state index in [9.17, 15) is 4.79 Å². The molecule has 2 aromatic carbocycles. The Morgan fingerprint density at radius 1 is 1.11 bits per heavy atom. The average Bonchev–Trinajstić information content (AvgIpc) is 2.33. The van der Waals surface area contributed by atoms with Crippen molar-refractivity contribution in [3.8, 4) is 0 Å². The molecular weight excluding hydrogens is 339 g/mol. The highest BCUT2D eigenvalue weighted by Gasteiger charge is 2.19. The molecule has 0 aliphatic rings. The van der Waals surface area contributed by atoms with Crippen LogP contribution in [-0.4, -0.2) is 11.1 Å². The minimum atomic E-state index is -0.860. The van der Waals surface area contributed by atoms with Crippen LogP contribution in [0.15, 0.2) is 42.5 Å². The van der Waals surface area contributed by atoms with Crippen molar-refractivity contribution in [2.75, 3.05) is 0 Å². The van der Waals surface area contributed by atoms with Crippen molar-refractivity contribution in [1.29, 1.82) is 0 Å². The van der Waals surface area contributed by atoms with Crippen LogP contribution in [0.3, 0.4) is 0 Å². The Morgan fingerprint density at radius 2 is 1.89 bits per heavy atom. The first-order valence-electron chi connectivity index (χ1n) is 5.62. The molecule has 92 valence electrons. The van der Waals surface area contributed by atoms with Gasteiger partial charge in [-0.25, -0.2) is 4.79 Å². The van der Waals surface area contributed by atoms with E-state index in [-0.39, 0.29) is 21.2 Å². The number of carboxylic acids is 1. The molecule has 0 aliphatic heterocycles. The van der Waals surface area contributed by atoms with E-state index in [2.05, 4.69) is 32.0 Å². The summed E-state index contributed by atoms with van der Waals surface area (Å²) in [5.74, 6) is -0.860. The molecule has 0 radical (unpaired) electrons. The number of carboxylic acid groups (broad SMARTS) is 1. The second-order valence-electron chi connectivity index (χ2n) is 4.16. The van der Waals surface area contributed by atoms with Gasteiger partial charge in [0.25, 0.3) is 0 Å². The highest BCUT2D eigenvalue weighted by atomic mass is 127. The van der Waals surface area contributed by atoms with Crippen LogP contribution in [-0.2, 0) is 0 Å². The molecule has 0 aromatic heterocycles. The zero-order chi connectivity index (χ0) is 13.1. The van der Waals surface area contributed by atoms with Crippen molar-refractivity contribution in [3.05, 3.63) is 66.3 Å². The Balaban J connectivity index is 2.28. The number of rotatable bonds is 3. The van der Waals surface area contributed by atoms with E-state index in [1.165, 1.54) is 14.7 Å². The molecule has 0 bridgehead atoms. The average molecular weight is 353 g/mol. The van der Waals surface area contributed by atoms with Gasteiger partial charge < -0.3 is 5.11 Å². The molecule has 0 unspecified atom stereocenters. The van der Waals surface area contributed by atoms with E-state index < -0.39 is 5.97 Å². The third kappa shape index (κ3) is 3.10. The lowest BCUT2D eigenvalue weighted by Gasteiger charge is -1.96. The third-order valence-electron chi connectivity index (χ3n) is 2.60. The standard InChI is InChI=1S/C15H13IO2/c1-10-6-7-14(11(2)8-10)16-13-5-3-4-12(9-13)15(17)18/h3-9H,1-2H3/p+1. The monoisotopic (exact) mass is 353 g/mol. The molecule has 0 saturated carbocycles. The van der Waals surface area contributed by atoms with Crippen molar-refractivity contribution in [2.45, 2.75) is 13.8 Å². The van der Waals surface area contributed by atoms with Crippen LogP contribution in [0.2, 0.25) is 0 Å². The summed E-state index contributed by atoms with van der Waals surface area (Å²) in [5, 5.41) is 8.98. The fourth-order valence-electron chi connectivity index (χ4n) is 1.70. The quantitative estimate of drug-likeness (QED) is 0.797. The van der Waals surface area contributed by atoms with Gasteiger partial charge in [-0.15, -0.1) is 0 Å². The van der Waals surface area contributed by atoms with Crippen molar-refractivity contribution >= 4 is 5.97 Å². The van der Waals surface area contributed by atoms with Gasteiger partial charge in [-0.3, -0.25) is 0 Å². The fourth-order valence-corrected chi connectivity index (χ4v) is 4.19. The van der Waals surface area contributed by atoms with E-state index in [1.807, 2.05) is 12.1 Å². The van der Waals surface area contributed by atoms with Gasteiger partial charge >= 0.3 is 27.2 Å². The van der Waals surface area contributed by atoms with Gasteiger partial charge in [0, 0.05) is 11.6 Å². The number of hydrogen-bond donors (Lipinski definition) is 1. The smallest absolute Gasteiger partial charge is 0.358 e. The zero-order valence-corrected chi connectivity index (χ0v) is 12.4. The molecule has 0 amide bonds. The van der Waals surface area contributed by atoms with Crippen LogP contribution in [0.25, 0.3) is 0 Å². The van der Waals surface area contributed by atoms with Crippen molar-refractivity contribution in [3.63, 3.8) is 0 Å². The maximum Gasteiger partial charge on any atom is 0.358 e.